The van der Waals surface area contributed by atoms with Gasteiger partial charge in [-0.15, -0.1) is 0 Å². The zero-order valence-electron chi connectivity index (χ0n) is 23.3. The lowest BCUT2D eigenvalue weighted by Gasteiger charge is -2.29. The van der Waals surface area contributed by atoms with Crippen molar-refractivity contribution >= 4 is 29.1 Å². The van der Waals surface area contributed by atoms with Gasteiger partial charge in [0.25, 0.3) is 0 Å². The summed E-state index contributed by atoms with van der Waals surface area (Å²) in [5.74, 6) is 0.292. The molecule has 0 aliphatic carbocycles. The Kier molecular flexibility index (Phi) is 9.74. The van der Waals surface area contributed by atoms with Crippen LogP contribution < -0.4 is 16.0 Å². The van der Waals surface area contributed by atoms with Crippen LogP contribution in [-0.4, -0.2) is 36.1 Å². The van der Waals surface area contributed by atoms with Crippen LogP contribution in [0.5, 0.6) is 0 Å². The zero-order valence-corrected chi connectivity index (χ0v) is 23.3. The Bertz CT molecular complexity index is 1100. The van der Waals surface area contributed by atoms with Gasteiger partial charge in [-0.2, -0.15) is 0 Å². The van der Waals surface area contributed by atoms with E-state index in [4.69, 9.17) is 0 Å². The van der Waals surface area contributed by atoms with Crippen molar-refractivity contribution in [1.82, 2.24) is 15.2 Å². The molecule has 0 spiro atoms. The summed E-state index contributed by atoms with van der Waals surface area (Å²) < 4.78 is 15.0. The van der Waals surface area contributed by atoms with Crippen LogP contribution in [0.15, 0.2) is 49.7 Å². The second-order valence-electron chi connectivity index (χ2n) is 10.6. The normalized spacial score (nSPS) is 12.9. The van der Waals surface area contributed by atoms with Gasteiger partial charge in [-0.25, -0.2) is 9.37 Å². The number of hydrogen-bond donors (Lipinski definition) is 3. The van der Waals surface area contributed by atoms with Crippen LogP contribution in [0.2, 0.25) is 0 Å². The molecule has 2 atom stereocenters. The Labute approximate surface area is 217 Å². The number of nitrogens with zero attached hydrogens (tertiary/aromatic N) is 2. The average Bonchev–Trinajstić information content (AvgIpc) is 2.80. The van der Waals surface area contributed by atoms with E-state index in [2.05, 4.69) is 75.3 Å². The summed E-state index contributed by atoms with van der Waals surface area (Å²) in [6.07, 6.45) is 3.55. The fourth-order valence-corrected chi connectivity index (χ4v) is 3.79. The fourth-order valence-electron chi connectivity index (χ4n) is 3.79. The Balaban J connectivity index is 2.24. The minimum Gasteiger partial charge on any atom is -0.384 e. The number of hydrogen-bond acceptors (Lipinski definition) is 5. The van der Waals surface area contributed by atoms with Crippen LogP contribution in [0.25, 0.3) is 11.8 Å². The highest BCUT2D eigenvalue weighted by atomic mass is 19.1. The van der Waals surface area contributed by atoms with Gasteiger partial charge in [-0.3, -0.25) is 0 Å². The molecule has 5 nitrogen and oxygen atoms in total. The van der Waals surface area contributed by atoms with E-state index in [1.807, 2.05) is 44.1 Å². The molecule has 6 heteroatoms. The molecule has 36 heavy (non-hydrogen) atoms. The Hall–Kier alpha value is -3.28. The highest BCUT2D eigenvalue weighted by Gasteiger charge is 2.20. The summed E-state index contributed by atoms with van der Waals surface area (Å²) in [6, 6.07) is 7.42. The molecule has 1 aromatic heterocycles. The van der Waals surface area contributed by atoms with Gasteiger partial charge in [0.1, 0.15) is 5.82 Å². The van der Waals surface area contributed by atoms with Gasteiger partial charge in [0.05, 0.1) is 0 Å². The van der Waals surface area contributed by atoms with Crippen molar-refractivity contribution in [2.24, 2.45) is 5.41 Å². The van der Waals surface area contributed by atoms with Crippen molar-refractivity contribution in [3.8, 4) is 0 Å². The molecule has 0 saturated carbocycles. The lowest BCUT2D eigenvalue weighted by molar-refractivity contribution is 0.335. The third-order valence-corrected chi connectivity index (χ3v) is 6.77. The number of pyridine rings is 1. The Morgan fingerprint density at radius 3 is 2.39 bits per heavy atom. The van der Waals surface area contributed by atoms with Crippen LogP contribution in [-0.2, 0) is 0 Å². The molecule has 0 radical (unpaired) electrons. The van der Waals surface area contributed by atoms with Crippen LogP contribution in [0, 0.1) is 18.2 Å². The van der Waals surface area contributed by atoms with Gasteiger partial charge in [0, 0.05) is 54.4 Å². The van der Waals surface area contributed by atoms with Gasteiger partial charge < -0.3 is 20.9 Å². The minimum atomic E-state index is -0.425. The molecule has 1 heterocycles. The Morgan fingerprint density at radius 2 is 1.81 bits per heavy atom. The predicted molar refractivity (Wildman–Crippen MR) is 155 cm³/mol. The number of nitrogens with one attached hydrogen (secondary N) is 3. The maximum absolute atomic E-state index is 15.0. The number of halogens is 1. The number of benzene rings is 1. The van der Waals surface area contributed by atoms with Crippen molar-refractivity contribution < 1.29 is 4.39 Å². The number of allylic oxidation sites excluding steroid dienone is 1. The van der Waals surface area contributed by atoms with Crippen molar-refractivity contribution in [3.05, 3.63) is 72.2 Å². The van der Waals surface area contributed by atoms with E-state index < -0.39 is 5.82 Å². The lowest BCUT2D eigenvalue weighted by Crippen LogP contribution is -2.40. The van der Waals surface area contributed by atoms with Crippen molar-refractivity contribution in [2.45, 2.75) is 66.5 Å². The summed E-state index contributed by atoms with van der Waals surface area (Å²) in [6.45, 7) is 25.0. The maximum Gasteiger partial charge on any atom is 0.166 e. The van der Waals surface area contributed by atoms with E-state index in [-0.39, 0.29) is 23.3 Å². The molecule has 2 rings (SSSR count). The van der Waals surface area contributed by atoms with Crippen molar-refractivity contribution in [3.63, 3.8) is 0 Å². The summed E-state index contributed by atoms with van der Waals surface area (Å²) in [7, 11) is 3.93. The maximum atomic E-state index is 15.0. The van der Waals surface area contributed by atoms with Crippen molar-refractivity contribution in [1.29, 1.82) is 0 Å². The third-order valence-electron chi connectivity index (χ3n) is 6.77. The highest BCUT2D eigenvalue weighted by Crippen LogP contribution is 2.29. The third kappa shape index (κ3) is 7.61. The molecule has 196 valence electrons. The monoisotopic (exact) mass is 493 g/mol. The molecular weight excluding hydrogens is 449 g/mol. The van der Waals surface area contributed by atoms with Gasteiger partial charge >= 0.3 is 0 Å². The first-order valence-electron chi connectivity index (χ1n) is 12.6. The van der Waals surface area contributed by atoms with Crippen molar-refractivity contribution in [2.75, 3.05) is 24.7 Å². The number of aromatic nitrogens is 1. The van der Waals surface area contributed by atoms with E-state index in [9.17, 15) is 4.39 Å². The van der Waals surface area contributed by atoms with E-state index in [1.54, 1.807) is 6.08 Å². The minimum absolute atomic E-state index is 0.0264. The van der Waals surface area contributed by atoms with E-state index in [0.717, 1.165) is 41.1 Å². The second-order valence-corrected chi connectivity index (χ2v) is 10.6. The average molecular weight is 494 g/mol. The number of anilines is 3. The van der Waals surface area contributed by atoms with E-state index in [1.165, 1.54) is 6.07 Å². The first kappa shape index (κ1) is 29.0. The molecule has 3 N–H and O–H groups in total. The smallest absolute Gasteiger partial charge is 0.166 e. The number of rotatable bonds is 13. The Morgan fingerprint density at radius 1 is 1.14 bits per heavy atom. The van der Waals surface area contributed by atoms with E-state index >= 15 is 0 Å². The van der Waals surface area contributed by atoms with Crippen LogP contribution in [0.3, 0.4) is 0 Å². The molecule has 2 aromatic rings. The largest absolute Gasteiger partial charge is 0.384 e. The summed E-state index contributed by atoms with van der Waals surface area (Å²) >= 11 is 0. The summed E-state index contributed by atoms with van der Waals surface area (Å²) in [5, 5.41) is 10.0. The van der Waals surface area contributed by atoms with Crippen LogP contribution in [0.4, 0.5) is 21.7 Å². The molecule has 1 unspecified atom stereocenters. The molecule has 0 saturated heterocycles. The van der Waals surface area contributed by atoms with Gasteiger partial charge in [-0.05, 0) is 56.4 Å². The SMILES string of the molecule is C=Cc1cc(F)c(NC(C)[C@H](C)NC(=C)CC(C)(C)CC)nc1Nc1ccc(C)c(C(=C)N(C)C)c1. The fraction of sp³-hybridized carbons (Fsp3) is 0.433. The quantitative estimate of drug-likeness (QED) is 0.269. The standard InChI is InChI=1S/C30H44FN5/c1-12-24-16-27(31)29(33-22(6)21(5)32-20(4)18-30(8,9)13-2)35-28(24)34-25-15-14-19(3)26(17-25)23(7)36(10)11/h12,14-17,21-22,32H,1,4,7,13,18H2,2-3,5-6,8-11H3,(H2,33,34,35)/t21-,22?/m0/s1. The second kappa shape index (κ2) is 12.1. The first-order chi connectivity index (χ1) is 16.8. The lowest BCUT2D eigenvalue weighted by atomic mass is 9.85. The van der Waals surface area contributed by atoms with E-state index in [0.29, 0.717) is 11.4 Å². The van der Waals surface area contributed by atoms with Gasteiger partial charge in [0.15, 0.2) is 11.6 Å². The highest BCUT2D eigenvalue weighted by molar-refractivity contribution is 5.74. The molecule has 0 bridgehead atoms. The van der Waals surface area contributed by atoms with Gasteiger partial charge in [0.2, 0.25) is 0 Å². The molecule has 0 aliphatic heterocycles. The first-order valence-corrected chi connectivity index (χ1v) is 12.6. The zero-order chi connectivity index (χ0) is 27.2. The van der Waals surface area contributed by atoms with Crippen LogP contribution in [0.1, 0.15) is 64.2 Å². The number of aryl methyl sites for hydroxylation is 1. The topological polar surface area (TPSA) is 52.2 Å². The summed E-state index contributed by atoms with van der Waals surface area (Å²) in [5.41, 5.74) is 5.65. The van der Waals surface area contributed by atoms with Crippen LogP contribution >= 0.6 is 0 Å². The molecule has 0 fully saturated rings. The van der Waals surface area contributed by atoms with Gasteiger partial charge in [-0.1, -0.05) is 59.1 Å². The molecule has 0 amide bonds. The molecule has 0 aliphatic rings. The summed E-state index contributed by atoms with van der Waals surface area (Å²) in [4.78, 5) is 6.57. The molecular formula is C30H44FN5. The molecule has 1 aromatic carbocycles. The predicted octanol–water partition coefficient (Wildman–Crippen LogP) is 7.57.